The molecule has 3 aromatic heterocycles. The first kappa shape index (κ1) is 23.0. The number of pyridine rings is 1. The Morgan fingerprint density at radius 1 is 1.11 bits per heavy atom. The third-order valence-electron chi connectivity index (χ3n) is 8.57. The lowest BCUT2D eigenvalue weighted by atomic mass is 9.58. The molecule has 35 heavy (non-hydrogen) atoms. The fraction of sp³-hybridized carbons (Fsp3) is 0.600. The highest BCUT2D eigenvalue weighted by atomic mass is 35.5. The van der Waals surface area contributed by atoms with Crippen LogP contribution in [0.15, 0.2) is 12.3 Å². The monoisotopic (exact) mass is 504 g/mol. The fourth-order valence-corrected chi connectivity index (χ4v) is 6.64. The summed E-state index contributed by atoms with van der Waals surface area (Å²) in [5.41, 5.74) is 1.30. The van der Waals surface area contributed by atoms with Gasteiger partial charge in [-0.3, -0.25) is 5.10 Å². The summed E-state index contributed by atoms with van der Waals surface area (Å²) in [4.78, 5) is 15.1. The maximum absolute atomic E-state index is 16.0. The Balaban J connectivity index is 1.43. The van der Waals surface area contributed by atoms with Crippen molar-refractivity contribution in [3.05, 3.63) is 28.8 Å². The minimum atomic E-state index is -2.73. The molecule has 0 aromatic carbocycles. The van der Waals surface area contributed by atoms with Gasteiger partial charge < -0.3 is 4.90 Å². The van der Waals surface area contributed by atoms with Crippen molar-refractivity contribution in [2.24, 2.45) is 23.7 Å². The predicted molar refractivity (Wildman–Crippen MR) is 128 cm³/mol. The summed E-state index contributed by atoms with van der Waals surface area (Å²) >= 11 is 6.17. The standard InChI is InChI=1S/C25H28ClF3N6/c1-13-14-2-4-15(5-3-14)17(13)11-19-20(27)24(35-8-6-25(28,29)7-9-35)32-23(31-19)21-18-10-16(26)12-30-22(18)34-33-21/h10,12-15,17H,2-9,11H2,1H3,(H,30,33,34)/t13-,14?,15?,17+/m0/s1. The zero-order valence-corrected chi connectivity index (χ0v) is 20.3. The first-order valence-electron chi connectivity index (χ1n) is 12.5. The van der Waals surface area contributed by atoms with Gasteiger partial charge in [-0.25, -0.2) is 28.1 Å². The van der Waals surface area contributed by atoms with E-state index in [-0.39, 0.29) is 37.6 Å². The van der Waals surface area contributed by atoms with Gasteiger partial charge in [-0.05, 0) is 61.8 Å². The van der Waals surface area contributed by atoms with E-state index >= 15 is 4.39 Å². The molecule has 1 saturated heterocycles. The topological polar surface area (TPSA) is 70.6 Å². The van der Waals surface area contributed by atoms with Gasteiger partial charge in [0.2, 0.25) is 0 Å². The van der Waals surface area contributed by atoms with Gasteiger partial charge >= 0.3 is 0 Å². The van der Waals surface area contributed by atoms with Crippen LogP contribution in [0.2, 0.25) is 5.02 Å². The molecule has 0 unspecified atom stereocenters. The van der Waals surface area contributed by atoms with E-state index < -0.39 is 11.7 Å². The quantitative estimate of drug-likeness (QED) is 0.468. The summed E-state index contributed by atoms with van der Waals surface area (Å²) in [6, 6.07) is 1.72. The molecule has 2 bridgehead atoms. The zero-order valence-electron chi connectivity index (χ0n) is 19.6. The van der Waals surface area contributed by atoms with Crippen LogP contribution in [0.3, 0.4) is 0 Å². The number of anilines is 1. The number of nitrogens with one attached hydrogen (secondary N) is 1. The van der Waals surface area contributed by atoms with Gasteiger partial charge in [0, 0.05) is 32.1 Å². The molecule has 6 nitrogen and oxygen atoms in total. The molecule has 10 heteroatoms. The summed E-state index contributed by atoms with van der Waals surface area (Å²) in [5.74, 6) is -0.733. The highest BCUT2D eigenvalue weighted by Gasteiger charge is 2.42. The van der Waals surface area contributed by atoms with Crippen LogP contribution in [0.4, 0.5) is 19.0 Å². The number of nitrogens with zero attached hydrogens (tertiary/aromatic N) is 5. The minimum Gasteiger partial charge on any atom is -0.354 e. The summed E-state index contributed by atoms with van der Waals surface area (Å²) < 4.78 is 43.6. The summed E-state index contributed by atoms with van der Waals surface area (Å²) in [6.45, 7) is 2.37. The van der Waals surface area contributed by atoms with Gasteiger partial charge in [0.1, 0.15) is 5.69 Å². The van der Waals surface area contributed by atoms with Crippen molar-refractivity contribution in [3.8, 4) is 11.5 Å². The van der Waals surface area contributed by atoms with Crippen molar-refractivity contribution in [1.29, 1.82) is 0 Å². The van der Waals surface area contributed by atoms with Crippen molar-refractivity contribution in [3.63, 3.8) is 0 Å². The summed E-state index contributed by atoms with van der Waals surface area (Å²) in [7, 11) is 0. The maximum Gasteiger partial charge on any atom is 0.251 e. The van der Waals surface area contributed by atoms with Gasteiger partial charge in [0.15, 0.2) is 23.1 Å². The predicted octanol–water partition coefficient (Wildman–Crippen LogP) is 6.06. The van der Waals surface area contributed by atoms with Crippen LogP contribution in [0, 0.1) is 29.5 Å². The molecule has 3 aliphatic carbocycles. The molecule has 3 aromatic rings. The Kier molecular flexibility index (Phi) is 5.66. The molecule has 1 aliphatic heterocycles. The lowest BCUT2D eigenvalue weighted by molar-refractivity contribution is -0.0222. The van der Waals surface area contributed by atoms with E-state index in [1.807, 2.05) is 0 Å². The zero-order chi connectivity index (χ0) is 24.3. The number of aromatic nitrogens is 5. The number of fused-ring (bicyclic) bond motifs is 4. The lowest BCUT2D eigenvalue weighted by Crippen LogP contribution is -2.41. The van der Waals surface area contributed by atoms with Crippen molar-refractivity contribution in [2.45, 2.75) is 57.8 Å². The molecule has 4 aliphatic rings. The van der Waals surface area contributed by atoms with Crippen LogP contribution in [0.5, 0.6) is 0 Å². The van der Waals surface area contributed by atoms with Crippen LogP contribution >= 0.6 is 11.6 Å². The van der Waals surface area contributed by atoms with E-state index in [0.717, 1.165) is 0 Å². The third-order valence-corrected chi connectivity index (χ3v) is 8.77. The molecule has 0 radical (unpaired) electrons. The molecular formula is C25H28ClF3N6. The maximum atomic E-state index is 16.0. The van der Waals surface area contributed by atoms with Crippen molar-refractivity contribution in [1.82, 2.24) is 25.1 Å². The first-order chi connectivity index (χ1) is 16.8. The third kappa shape index (κ3) is 4.15. The van der Waals surface area contributed by atoms with Crippen LogP contribution in [0.1, 0.15) is 51.1 Å². The second-order valence-electron chi connectivity index (χ2n) is 10.5. The number of H-pyrrole nitrogens is 1. The summed E-state index contributed by atoms with van der Waals surface area (Å²) in [6.07, 6.45) is 6.25. The van der Waals surface area contributed by atoms with Crippen LogP contribution in [0.25, 0.3) is 22.6 Å². The van der Waals surface area contributed by atoms with Gasteiger partial charge in [0.25, 0.3) is 5.92 Å². The van der Waals surface area contributed by atoms with E-state index in [1.54, 1.807) is 11.0 Å². The Hall–Kier alpha value is -2.42. The molecule has 4 fully saturated rings. The number of aromatic amines is 1. The highest BCUT2D eigenvalue weighted by Crippen LogP contribution is 2.50. The van der Waals surface area contributed by atoms with Gasteiger partial charge in [-0.1, -0.05) is 18.5 Å². The van der Waals surface area contributed by atoms with Crippen molar-refractivity contribution < 1.29 is 13.2 Å². The van der Waals surface area contributed by atoms with Crippen LogP contribution in [-0.4, -0.2) is 44.2 Å². The van der Waals surface area contributed by atoms with E-state index in [0.29, 0.717) is 57.5 Å². The van der Waals surface area contributed by atoms with Gasteiger partial charge in [-0.2, -0.15) is 5.10 Å². The Labute approximate surface area is 206 Å². The molecule has 0 spiro atoms. The number of alkyl halides is 2. The summed E-state index contributed by atoms with van der Waals surface area (Å²) in [5, 5.41) is 8.23. The Morgan fingerprint density at radius 2 is 1.83 bits per heavy atom. The smallest absolute Gasteiger partial charge is 0.251 e. The minimum absolute atomic E-state index is 0.0431. The largest absolute Gasteiger partial charge is 0.354 e. The molecule has 3 saturated carbocycles. The number of hydrogen-bond donors (Lipinski definition) is 1. The van der Waals surface area contributed by atoms with Gasteiger partial charge in [-0.15, -0.1) is 0 Å². The Bertz CT molecular complexity index is 1240. The molecule has 1 N–H and O–H groups in total. The Morgan fingerprint density at radius 3 is 2.54 bits per heavy atom. The van der Waals surface area contributed by atoms with Crippen molar-refractivity contribution in [2.75, 3.05) is 18.0 Å². The second kappa shape index (κ2) is 8.61. The lowest BCUT2D eigenvalue weighted by Gasteiger charge is -2.47. The van der Waals surface area contributed by atoms with E-state index in [9.17, 15) is 8.78 Å². The molecule has 4 heterocycles. The first-order valence-corrected chi connectivity index (χ1v) is 12.9. The molecule has 186 valence electrons. The average molecular weight is 505 g/mol. The van der Waals surface area contributed by atoms with Gasteiger partial charge in [0.05, 0.1) is 16.1 Å². The fourth-order valence-electron chi connectivity index (χ4n) is 6.48. The average Bonchev–Trinajstić information content (AvgIpc) is 3.26. The molecule has 7 rings (SSSR count). The van der Waals surface area contributed by atoms with E-state index in [2.05, 4.69) is 32.1 Å². The van der Waals surface area contributed by atoms with E-state index in [4.69, 9.17) is 11.6 Å². The normalized spacial score (nSPS) is 28.1. The number of hydrogen-bond acceptors (Lipinski definition) is 5. The number of rotatable bonds is 4. The molecule has 2 atom stereocenters. The highest BCUT2D eigenvalue weighted by molar-refractivity contribution is 6.31. The van der Waals surface area contributed by atoms with Crippen LogP contribution in [-0.2, 0) is 6.42 Å². The van der Waals surface area contributed by atoms with E-state index in [1.165, 1.54) is 31.9 Å². The molecule has 0 amide bonds. The SMILES string of the molecule is C[C@H]1C2CCC(CC2)[C@@H]1Cc1nc(-c2[nH]nc3ncc(Cl)cc23)nc(N2CCC(F)(F)CC2)c1F. The van der Waals surface area contributed by atoms with Crippen LogP contribution < -0.4 is 4.90 Å². The number of halogens is 4. The second-order valence-corrected chi connectivity index (χ2v) is 10.9. The number of piperidine rings is 1. The molecular weight excluding hydrogens is 477 g/mol. The van der Waals surface area contributed by atoms with Crippen molar-refractivity contribution >= 4 is 28.5 Å².